The van der Waals surface area contributed by atoms with Crippen molar-refractivity contribution in [3.63, 3.8) is 0 Å². The highest BCUT2D eigenvalue weighted by Crippen LogP contribution is 2.34. The normalized spacial score (nSPS) is 15.0. The van der Waals surface area contributed by atoms with Gasteiger partial charge in [-0.15, -0.1) is 11.3 Å². The predicted octanol–water partition coefficient (Wildman–Crippen LogP) is 7.16. The van der Waals surface area contributed by atoms with E-state index < -0.39 is 6.04 Å². The molecule has 0 radical (unpaired) electrons. The van der Waals surface area contributed by atoms with Gasteiger partial charge in [0.05, 0.1) is 5.69 Å². The quantitative estimate of drug-likeness (QED) is 0.269. The fourth-order valence-corrected chi connectivity index (χ4v) is 5.92. The molecule has 4 aromatic rings. The van der Waals surface area contributed by atoms with Gasteiger partial charge in [0.1, 0.15) is 6.04 Å². The molecule has 7 heteroatoms. The molecule has 1 saturated heterocycles. The van der Waals surface area contributed by atoms with Crippen LogP contribution in [-0.4, -0.2) is 34.4 Å². The van der Waals surface area contributed by atoms with E-state index in [1.165, 1.54) is 16.9 Å². The molecular formula is C31H32N4O2S. The number of aromatic nitrogens is 1. The second-order valence-electron chi connectivity index (χ2n) is 9.83. The van der Waals surface area contributed by atoms with Crippen molar-refractivity contribution in [2.75, 3.05) is 17.2 Å². The molecule has 0 spiro atoms. The maximum atomic E-state index is 13.4. The van der Waals surface area contributed by atoms with Gasteiger partial charge in [0.2, 0.25) is 5.91 Å². The number of thiazole rings is 1. The van der Waals surface area contributed by atoms with Crippen LogP contribution in [0.2, 0.25) is 0 Å². The van der Waals surface area contributed by atoms with Crippen LogP contribution in [-0.2, 0) is 11.2 Å². The first-order valence-electron chi connectivity index (χ1n) is 13.1. The van der Waals surface area contributed by atoms with Crippen LogP contribution < -0.4 is 10.6 Å². The third kappa shape index (κ3) is 5.78. The molecule has 0 saturated carbocycles. The molecule has 0 aliphatic carbocycles. The van der Waals surface area contributed by atoms with Gasteiger partial charge in [-0.05, 0) is 36.0 Å². The van der Waals surface area contributed by atoms with E-state index in [1.54, 1.807) is 4.90 Å². The number of benzene rings is 3. The molecule has 1 aliphatic heterocycles. The Morgan fingerprint density at radius 1 is 0.947 bits per heavy atom. The lowest BCUT2D eigenvalue weighted by atomic mass is 10.0. The third-order valence-electron chi connectivity index (χ3n) is 6.82. The van der Waals surface area contributed by atoms with Gasteiger partial charge < -0.3 is 15.5 Å². The van der Waals surface area contributed by atoms with Crippen LogP contribution in [0.1, 0.15) is 48.6 Å². The molecule has 1 aliphatic rings. The topological polar surface area (TPSA) is 74.3 Å². The lowest BCUT2D eigenvalue weighted by molar-refractivity contribution is -0.119. The number of carbonyl (C=O) groups excluding carboxylic acids is 2. The number of carbonyl (C=O) groups is 2. The summed E-state index contributed by atoms with van der Waals surface area (Å²) in [7, 11) is 0. The van der Waals surface area contributed by atoms with Crippen molar-refractivity contribution in [3.05, 3.63) is 101 Å². The van der Waals surface area contributed by atoms with Crippen LogP contribution in [0.25, 0.3) is 11.3 Å². The molecule has 3 amide bonds. The number of urea groups is 1. The summed E-state index contributed by atoms with van der Waals surface area (Å²) in [6, 6.07) is 27.3. The van der Waals surface area contributed by atoms with Gasteiger partial charge >= 0.3 is 6.03 Å². The summed E-state index contributed by atoms with van der Waals surface area (Å²) in [5, 5.41) is 6.62. The van der Waals surface area contributed by atoms with Crippen molar-refractivity contribution in [1.29, 1.82) is 0 Å². The monoisotopic (exact) mass is 524 g/mol. The first-order chi connectivity index (χ1) is 18.5. The highest BCUT2D eigenvalue weighted by Gasteiger charge is 2.35. The Morgan fingerprint density at radius 2 is 1.63 bits per heavy atom. The minimum Gasteiger partial charge on any atom is -0.312 e. The molecule has 1 aromatic heterocycles. The number of hydrogen-bond acceptors (Lipinski definition) is 4. The second kappa shape index (κ2) is 11.6. The number of nitrogens with one attached hydrogen (secondary N) is 2. The van der Waals surface area contributed by atoms with Crippen LogP contribution in [0, 0.1) is 0 Å². The Morgan fingerprint density at radius 3 is 2.37 bits per heavy atom. The molecule has 194 valence electrons. The number of nitrogens with zero attached hydrogens (tertiary/aromatic N) is 2. The lowest BCUT2D eigenvalue weighted by Crippen LogP contribution is -2.45. The minimum absolute atomic E-state index is 0.200. The summed E-state index contributed by atoms with van der Waals surface area (Å²) in [6.07, 6.45) is 2.13. The molecule has 38 heavy (non-hydrogen) atoms. The molecular weight excluding hydrogens is 492 g/mol. The zero-order valence-electron chi connectivity index (χ0n) is 21.7. The van der Waals surface area contributed by atoms with E-state index in [1.807, 2.05) is 72.8 Å². The summed E-state index contributed by atoms with van der Waals surface area (Å²) < 4.78 is 0. The van der Waals surface area contributed by atoms with Gasteiger partial charge in [0.25, 0.3) is 0 Å². The smallest absolute Gasteiger partial charge is 0.312 e. The Hall–Kier alpha value is -3.97. The van der Waals surface area contributed by atoms with Gasteiger partial charge in [0.15, 0.2) is 5.13 Å². The van der Waals surface area contributed by atoms with Crippen molar-refractivity contribution in [3.8, 4) is 11.3 Å². The summed E-state index contributed by atoms with van der Waals surface area (Å²) in [5.41, 5.74) is 4.94. The van der Waals surface area contributed by atoms with Crippen LogP contribution in [0.3, 0.4) is 0 Å². The first kappa shape index (κ1) is 25.7. The highest BCUT2D eigenvalue weighted by molar-refractivity contribution is 7.16. The van der Waals surface area contributed by atoms with Gasteiger partial charge in [-0.3, -0.25) is 4.79 Å². The van der Waals surface area contributed by atoms with Gasteiger partial charge in [-0.25, -0.2) is 9.78 Å². The standard InChI is InChI=1S/C31H32N4O2S/c1-21(2)24-16-9-10-17-25(24)32-31(37)35-19-11-18-26(35)29(36)34-30-33-28(23-14-7-4-8-15-23)27(38-30)20-22-12-5-3-6-13-22/h3-10,12-17,21,26H,11,18-20H2,1-2H3,(H,32,37)(H,33,34,36)/t26-/m0/s1. The molecule has 2 N–H and O–H groups in total. The van der Waals surface area contributed by atoms with E-state index >= 15 is 0 Å². The van der Waals surface area contributed by atoms with Crippen molar-refractivity contribution in [1.82, 2.24) is 9.88 Å². The highest BCUT2D eigenvalue weighted by atomic mass is 32.1. The average Bonchev–Trinajstić information content (AvgIpc) is 3.58. The van der Waals surface area contributed by atoms with Crippen LogP contribution in [0.15, 0.2) is 84.9 Å². The van der Waals surface area contributed by atoms with E-state index in [2.05, 4.69) is 36.6 Å². The first-order valence-corrected chi connectivity index (χ1v) is 13.9. The fraction of sp³-hybridized carbons (Fsp3) is 0.258. The Kier molecular flexibility index (Phi) is 7.84. The van der Waals surface area contributed by atoms with Gasteiger partial charge in [-0.2, -0.15) is 0 Å². The molecule has 0 bridgehead atoms. The Labute approximate surface area is 227 Å². The molecule has 5 rings (SSSR count). The molecule has 2 heterocycles. The lowest BCUT2D eigenvalue weighted by Gasteiger charge is -2.25. The number of amides is 3. The maximum Gasteiger partial charge on any atom is 0.322 e. The van der Waals surface area contributed by atoms with Gasteiger partial charge in [0, 0.05) is 29.1 Å². The predicted molar refractivity (Wildman–Crippen MR) is 155 cm³/mol. The van der Waals surface area contributed by atoms with Crippen LogP contribution in [0.5, 0.6) is 0 Å². The SMILES string of the molecule is CC(C)c1ccccc1NC(=O)N1CCC[C@H]1C(=O)Nc1nc(-c2ccccc2)c(Cc2ccccc2)s1. The van der Waals surface area contributed by atoms with E-state index in [0.29, 0.717) is 18.1 Å². The third-order valence-corrected chi connectivity index (χ3v) is 7.79. The molecule has 1 atom stereocenters. The Bertz CT molecular complexity index is 1400. The molecule has 0 unspecified atom stereocenters. The number of rotatable bonds is 7. The largest absolute Gasteiger partial charge is 0.322 e. The summed E-state index contributed by atoms with van der Waals surface area (Å²) in [6.45, 7) is 4.74. The number of para-hydroxylation sites is 1. The van der Waals surface area contributed by atoms with Crippen molar-refractivity contribution in [2.45, 2.75) is 45.1 Å². The molecule has 3 aromatic carbocycles. The van der Waals surface area contributed by atoms with E-state index in [9.17, 15) is 9.59 Å². The van der Waals surface area contributed by atoms with Crippen molar-refractivity contribution >= 4 is 34.1 Å². The van der Waals surface area contributed by atoms with E-state index in [4.69, 9.17) is 4.98 Å². The summed E-state index contributed by atoms with van der Waals surface area (Å²) in [5.74, 6) is 0.0763. The second-order valence-corrected chi connectivity index (χ2v) is 10.9. The maximum absolute atomic E-state index is 13.4. The number of anilines is 2. The minimum atomic E-state index is -0.539. The van der Waals surface area contributed by atoms with Crippen molar-refractivity contribution < 1.29 is 9.59 Å². The van der Waals surface area contributed by atoms with E-state index in [0.717, 1.165) is 40.2 Å². The average molecular weight is 525 g/mol. The van der Waals surface area contributed by atoms with Crippen molar-refractivity contribution in [2.24, 2.45) is 0 Å². The summed E-state index contributed by atoms with van der Waals surface area (Å²) >= 11 is 1.49. The molecule has 6 nitrogen and oxygen atoms in total. The number of likely N-dealkylation sites (tertiary alicyclic amines) is 1. The Balaban J connectivity index is 1.34. The van der Waals surface area contributed by atoms with Crippen LogP contribution in [0.4, 0.5) is 15.6 Å². The zero-order chi connectivity index (χ0) is 26.5. The van der Waals surface area contributed by atoms with Crippen LogP contribution >= 0.6 is 11.3 Å². The zero-order valence-corrected chi connectivity index (χ0v) is 22.5. The van der Waals surface area contributed by atoms with Gasteiger partial charge in [-0.1, -0.05) is 92.7 Å². The number of hydrogen-bond donors (Lipinski definition) is 2. The summed E-state index contributed by atoms with van der Waals surface area (Å²) in [4.78, 5) is 34.2. The molecule has 1 fully saturated rings. The van der Waals surface area contributed by atoms with E-state index in [-0.39, 0.29) is 17.9 Å². The fourth-order valence-electron chi connectivity index (χ4n) is 4.90.